The fourth-order valence-corrected chi connectivity index (χ4v) is 2.89. The number of aliphatic hydroxyl groups is 1. The summed E-state index contributed by atoms with van der Waals surface area (Å²) < 4.78 is 26.6. The van der Waals surface area contributed by atoms with Crippen LogP contribution in [0.2, 0.25) is 0 Å². The Hall–Kier alpha value is -1.11. The molecule has 4 N–H and O–H groups in total. The highest BCUT2D eigenvalue weighted by atomic mass is 32.2. The summed E-state index contributed by atoms with van der Waals surface area (Å²) in [5.41, 5.74) is 8.01. The van der Waals surface area contributed by atoms with Gasteiger partial charge in [-0.15, -0.1) is 0 Å². The van der Waals surface area contributed by atoms with E-state index in [2.05, 4.69) is 4.72 Å². The molecule has 0 bridgehead atoms. The molecule has 0 aliphatic carbocycles. The highest BCUT2D eigenvalue weighted by Crippen LogP contribution is 2.21. The van der Waals surface area contributed by atoms with Gasteiger partial charge < -0.3 is 10.8 Å². The van der Waals surface area contributed by atoms with Crippen LogP contribution in [0.3, 0.4) is 0 Å². The van der Waals surface area contributed by atoms with Gasteiger partial charge in [0, 0.05) is 12.2 Å². The Labute approximate surface area is 114 Å². The summed E-state index contributed by atoms with van der Waals surface area (Å²) in [6.07, 6.45) is 0.746. The maximum atomic E-state index is 12.1. The number of benzene rings is 1. The average molecular weight is 286 g/mol. The lowest BCUT2D eigenvalue weighted by Gasteiger charge is -2.11. The number of rotatable bonds is 6. The second kappa shape index (κ2) is 6.36. The molecule has 1 rings (SSSR count). The van der Waals surface area contributed by atoms with Crippen LogP contribution in [0.4, 0.5) is 5.69 Å². The number of nitrogens with one attached hydrogen (secondary N) is 1. The summed E-state index contributed by atoms with van der Waals surface area (Å²) in [7, 11) is -3.53. The molecular formula is C13H22N2O3S. The predicted molar refractivity (Wildman–Crippen MR) is 76.4 cm³/mol. The van der Waals surface area contributed by atoms with Gasteiger partial charge in [0.05, 0.1) is 11.0 Å². The lowest BCUT2D eigenvalue weighted by Crippen LogP contribution is -2.25. The van der Waals surface area contributed by atoms with Gasteiger partial charge in [-0.1, -0.05) is 0 Å². The Morgan fingerprint density at radius 2 is 2.00 bits per heavy atom. The molecule has 1 aromatic carbocycles. The first-order valence-electron chi connectivity index (χ1n) is 6.28. The van der Waals surface area contributed by atoms with Crippen LogP contribution >= 0.6 is 0 Å². The smallest absolute Gasteiger partial charge is 0.240 e. The predicted octanol–water partition coefficient (Wildman–Crippen LogP) is 1.32. The van der Waals surface area contributed by atoms with Gasteiger partial charge in [0.1, 0.15) is 0 Å². The molecule has 0 amide bonds. The highest BCUT2D eigenvalue weighted by molar-refractivity contribution is 7.89. The Bertz CT molecular complexity index is 516. The lowest BCUT2D eigenvalue weighted by atomic mass is 10.1. The van der Waals surface area contributed by atoms with Crippen LogP contribution in [-0.2, 0) is 10.0 Å². The minimum Gasteiger partial charge on any atom is -0.398 e. The average Bonchev–Trinajstić information content (AvgIpc) is 2.31. The topological polar surface area (TPSA) is 92.4 Å². The highest BCUT2D eigenvalue weighted by Gasteiger charge is 2.15. The van der Waals surface area contributed by atoms with Gasteiger partial charge in [0.25, 0.3) is 0 Å². The molecule has 0 spiro atoms. The summed E-state index contributed by atoms with van der Waals surface area (Å²) >= 11 is 0. The summed E-state index contributed by atoms with van der Waals surface area (Å²) in [4.78, 5) is 0.185. The summed E-state index contributed by atoms with van der Waals surface area (Å²) in [6.45, 7) is 5.67. The zero-order valence-corrected chi connectivity index (χ0v) is 12.4. The number of anilines is 1. The zero-order valence-electron chi connectivity index (χ0n) is 11.6. The maximum absolute atomic E-state index is 12.1. The first-order valence-corrected chi connectivity index (χ1v) is 7.77. The number of nitrogen functional groups attached to an aromatic ring is 1. The van der Waals surface area contributed by atoms with Gasteiger partial charge in [-0.2, -0.15) is 0 Å². The van der Waals surface area contributed by atoms with Gasteiger partial charge in [-0.3, -0.25) is 0 Å². The van der Waals surface area contributed by atoms with E-state index in [-0.39, 0.29) is 4.90 Å². The molecule has 108 valence electrons. The van der Waals surface area contributed by atoms with E-state index in [0.29, 0.717) is 25.1 Å². The van der Waals surface area contributed by atoms with Crippen molar-refractivity contribution in [3.05, 3.63) is 23.3 Å². The molecule has 0 saturated heterocycles. The van der Waals surface area contributed by atoms with E-state index in [1.54, 1.807) is 13.0 Å². The quantitative estimate of drug-likeness (QED) is 0.543. The third-order valence-corrected chi connectivity index (χ3v) is 4.52. The lowest BCUT2D eigenvalue weighted by molar-refractivity contribution is 0.182. The largest absolute Gasteiger partial charge is 0.398 e. The van der Waals surface area contributed by atoms with E-state index in [9.17, 15) is 8.42 Å². The SMILES string of the molecule is Cc1cc(S(=O)(=O)NCCCC(C)O)cc(N)c1C. The van der Waals surface area contributed by atoms with Gasteiger partial charge in [-0.25, -0.2) is 13.1 Å². The second-order valence-electron chi connectivity index (χ2n) is 4.84. The van der Waals surface area contributed by atoms with E-state index in [0.717, 1.165) is 11.1 Å². The normalized spacial score (nSPS) is 13.5. The standard InChI is InChI=1S/C13H22N2O3S/c1-9-7-12(8-13(14)11(9)3)19(17,18)15-6-4-5-10(2)16/h7-8,10,15-16H,4-6,14H2,1-3H3. The fourth-order valence-electron chi connectivity index (χ4n) is 1.69. The van der Waals surface area contributed by atoms with Crippen molar-refractivity contribution in [2.75, 3.05) is 12.3 Å². The van der Waals surface area contributed by atoms with Crippen molar-refractivity contribution < 1.29 is 13.5 Å². The van der Waals surface area contributed by atoms with Crippen molar-refractivity contribution in [3.8, 4) is 0 Å². The van der Waals surface area contributed by atoms with Crippen LogP contribution in [0.1, 0.15) is 30.9 Å². The minimum atomic E-state index is -3.53. The number of sulfonamides is 1. The van der Waals surface area contributed by atoms with Crippen molar-refractivity contribution in [1.82, 2.24) is 4.72 Å². The molecule has 0 aromatic heterocycles. The van der Waals surface area contributed by atoms with E-state index < -0.39 is 16.1 Å². The molecule has 1 aromatic rings. The molecule has 6 heteroatoms. The van der Waals surface area contributed by atoms with Crippen molar-refractivity contribution in [1.29, 1.82) is 0 Å². The minimum absolute atomic E-state index is 0.185. The third kappa shape index (κ3) is 4.49. The van der Waals surface area contributed by atoms with E-state index in [1.807, 2.05) is 13.8 Å². The Balaban J connectivity index is 2.78. The molecule has 0 heterocycles. The van der Waals surface area contributed by atoms with E-state index in [1.165, 1.54) is 6.07 Å². The number of aliphatic hydroxyl groups excluding tert-OH is 1. The third-order valence-electron chi connectivity index (χ3n) is 3.08. The van der Waals surface area contributed by atoms with Crippen LogP contribution in [-0.4, -0.2) is 26.2 Å². The summed E-state index contributed by atoms with van der Waals surface area (Å²) in [6, 6.07) is 3.09. The van der Waals surface area contributed by atoms with Crippen LogP contribution < -0.4 is 10.5 Å². The molecule has 0 saturated carbocycles. The molecule has 5 nitrogen and oxygen atoms in total. The first-order chi connectivity index (χ1) is 8.74. The molecule has 1 atom stereocenters. The first kappa shape index (κ1) is 15.9. The van der Waals surface area contributed by atoms with Gasteiger partial charge >= 0.3 is 0 Å². The Morgan fingerprint density at radius 1 is 1.37 bits per heavy atom. The zero-order chi connectivity index (χ0) is 14.6. The molecule has 0 aliphatic heterocycles. The van der Waals surface area contributed by atoms with Crippen molar-refractivity contribution in [2.45, 2.75) is 44.6 Å². The maximum Gasteiger partial charge on any atom is 0.240 e. The Morgan fingerprint density at radius 3 is 2.53 bits per heavy atom. The molecule has 19 heavy (non-hydrogen) atoms. The number of nitrogens with two attached hydrogens (primary N) is 1. The van der Waals surface area contributed by atoms with Crippen LogP contribution in [0.15, 0.2) is 17.0 Å². The van der Waals surface area contributed by atoms with Crippen molar-refractivity contribution in [2.24, 2.45) is 0 Å². The Kier molecular flexibility index (Phi) is 5.34. The molecule has 1 unspecified atom stereocenters. The van der Waals surface area contributed by atoms with Crippen LogP contribution in [0, 0.1) is 13.8 Å². The second-order valence-corrected chi connectivity index (χ2v) is 6.61. The number of hydrogen-bond acceptors (Lipinski definition) is 4. The monoisotopic (exact) mass is 286 g/mol. The number of aryl methyl sites for hydroxylation is 1. The van der Waals surface area contributed by atoms with E-state index >= 15 is 0 Å². The molecule has 0 fully saturated rings. The van der Waals surface area contributed by atoms with Crippen LogP contribution in [0.25, 0.3) is 0 Å². The van der Waals surface area contributed by atoms with Gasteiger partial charge in [0.15, 0.2) is 0 Å². The number of hydrogen-bond donors (Lipinski definition) is 3. The van der Waals surface area contributed by atoms with E-state index in [4.69, 9.17) is 10.8 Å². The van der Waals surface area contributed by atoms with Crippen molar-refractivity contribution >= 4 is 15.7 Å². The van der Waals surface area contributed by atoms with Crippen LogP contribution in [0.5, 0.6) is 0 Å². The molecule has 0 aliphatic rings. The summed E-state index contributed by atoms with van der Waals surface area (Å²) in [5.74, 6) is 0. The fraction of sp³-hybridized carbons (Fsp3) is 0.538. The van der Waals surface area contributed by atoms with Gasteiger partial charge in [0.2, 0.25) is 10.0 Å². The molecule has 0 radical (unpaired) electrons. The van der Waals surface area contributed by atoms with Gasteiger partial charge in [-0.05, 0) is 56.9 Å². The van der Waals surface area contributed by atoms with Crippen molar-refractivity contribution in [3.63, 3.8) is 0 Å². The summed E-state index contributed by atoms with van der Waals surface area (Å²) in [5, 5.41) is 9.11. The molecular weight excluding hydrogens is 264 g/mol.